The molecule has 28 heavy (non-hydrogen) atoms. The van der Waals surface area contributed by atoms with Crippen LogP contribution in [0.3, 0.4) is 0 Å². The van der Waals surface area contributed by atoms with E-state index < -0.39 is 35.6 Å². The molecule has 3 amide bonds. The molecule has 0 aliphatic heterocycles. The van der Waals surface area contributed by atoms with Gasteiger partial charge < -0.3 is 16.4 Å². The second-order valence-electron chi connectivity index (χ2n) is 6.34. The van der Waals surface area contributed by atoms with Gasteiger partial charge in [0.1, 0.15) is 17.9 Å². The third-order valence-corrected chi connectivity index (χ3v) is 4.86. The highest BCUT2D eigenvalue weighted by Crippen LogP contribution is 2.17. The van der Waals surface area contributed by atoms with Gasteiger partial charge >= 0.3 is 0 Å². The number of hydrogen-bond donors (Lipinski definition) is 3. The molecule has 2 aromatic carbocycles. The summed E-state index contributed by atoms with van der Waals surface area (Å²) in [7, 11) is 0. The topological polar surface area (TPSA) is 101 Å². The molecular formula is C20H21BrFN3O3. The third kappa shape index (κ3) is 6.45. The predicted octanol–water partition coefficient (Wildman–Crippen LogP) is 1.85. The summed E-state index contributed by atoms with van der Waals surface area (Å²) in [5, 5.41) is 5.16. The molecule has 8 heteroatoms. The van der Waals surface area contributed by atoms with Gasteiger partial charge in [-0.1, -0.05) is 46.3 Å². The molecule has 0 saturated heterocycles. The Morgan fingerprint density at radius 2 is 1.64 bits per heavy atom. The zero-order chi connectivity index (χ0) is 20.7. The summed E-state index contributed by atoms with van der Waals surface area (Å²) >= 11 is 3.40. The Labute approximate surface area is 170 Å². The zero-order valence-electron chi connectivity index (χ0n) is 15.2. The van der Waals surface area contributed by atoms with Crippen molar-refractivity contribution in [3.05, 3.63) is 69.9 Å². The first kappa shape index (κ1) is 21.6. The highest BCUT2D eigenvalue weighted by molar-refractivity contribution is 9.10. The van der Waals surface area contributed by atoms with Gasteiger partial charge in [0.25, 0.3) is 0 Å². The van der Waals surface area contributed by atoms with E-state index in [1.807, 2.05) is 24.3 Å². The van der Waals surface area contributed by atoms with Crippen LogP contribution < -0.4 is 16.4 Å². The summed E-state index contributed by atoms with van der Waals surface area (Å²) in [6.45, 7) is 1.29. The smallest absolute Gasteiger partial charge is 0.243 e. The van der Waals surface area contributed by atoms with Crippen molar-refractivity contribution in [2.75, 3.05) is 0 Å². The number of carbonyl (C=O) groups is 3. The summed E-state index contributed by atoms with van der Waals surface area (Å²) in [6, 6.07) is 11.0. The minimum Gasteiger partial charge on any atom is -0.368 e. The molecule has 0 bridgehead atoms. The quantitative estimate of drug-likeness (QED) is 0.572. The fraction of sp³-hybridized carbons (Fsp3) is 0.250. The van der Waals surface area contributed by atoms with Crippen molar-refractivity contribution < 1.29 is 18.8 Å². The summed E-state index contributed by atoms with van der Waals surface area (Å²) in [5.74, 6) is -2.03. The van der Waals surface area contributed by atoms with E-state index in [0.717, 1.165) is 10.0 Å². The second-order valence-corrected chi connectivity index (χ2v) is 7.20. The van der Waals surface area contributed by atoms with Crippen molar-refractivity contribution >= 4 is 33.7 Å². The normalized spacial score (nSPS) is 12.7. The Morgan fingerprint density at radius 3 is 2.21 bits per heavy atom. The molecule has 2 atom stereocenters. The van der Waals surface area contributed by atoms with Crippen molar-refractivity contribution in [2.45, 2.75) is 31.8 Å². The average molecular weight is 450 g/mol. The molecule has 4 N–H and O–H groups in total. The first-order chi connectivity index (χ1) is 13.3. The number of benzene rings is 2. The molecule has 0 radical (unpaired) electrons. The van der Waals surface area contributed by atoms with Gasteiger partial charge in [-0.25, -0.2) is 4.39 Å². The van der Waals surface area contributed by atoms with Gasteiger partial charge in [-0.05, 0) is 29.3 Å². The Hall–Kier alpha value is -2.74. The van der Waals surface area contributed by atoms with Crippen LogP contribution >= 0.6 is 15.9 Å². The van der Waals surface area contributed by atoms with Crippen LogP contribution in [0, 0.1) is 5.82 Å². The molecule has 2 aromatic rings. The fourth-order valence-corrected chi connectivity index (χ4v) is 3.14. The van der Waals surface area contributed by atoms with Gasteiger partial charge in [-0.15, -0.1) is 0 Å². The lowest BCUT2D eigenvalue weighted by Gasteiger charge is -2.22. The van der Waals surface area contributed by atoms with Crippen molar-refractivity contribution in [3.63, 3.8) is 0 Å². The van der Waals surface area contributed by atoms with Crippen LogP contribution in [0.1, 0.15) is 18.1 Å². The van der Waals surface area contributed by atoms with E-state index in [1.165, 1.54) is 31.2 Å². The van der Waals surface area contributed by atoms with Crippen molar-refractivity contribution in [2.24, 2.45) is 5.73 Å². The molecule has 0 heterocycles. The fourth-order valence-electron chi connectivity index (χ4n) is 2.69. The van der Waals surface area contributed by atoms with Crippen LogP contribution in [0.2, 0.25) is 0 Å². The molecule has 0 unspecified atom stereocenters. The van der Waals surface area contributed by atoms with E-state index in [4.69, 9.17) is 5.73 Å². The van der Waals surface area contributed by atoms with Crippen LogP contribution in [0.5, 0.6) is 0 Å². The number of nitrogens with two attached hydrogens (primary N) is 1. The second kappa shape index (κ2) is 9.98. The van der Waals surface area contributed by atoms with Gasteiger partial charge in [0.2, 0.25) is 17.7 Å². The summed E-state index contributed by atoms with van der Waals surface area (Å²) in [6.07, 6.45) is 0.345. The van der Waals surface area contributed by atoms with Gasteiger partial charge in [0.15, 0.2) is 0 Å². The largest absolute Gasteiger partial charge is 0.368 e. The molecular weight excluding hydrogens is 429 g/mol. The standard InChI is InChI=1S/C20H21BrFN3O3/c1-12(26)24-18(10-13-6-8-15(22)9-7-13)20(28)25-17(19(23)27)11-14-4-2-3-5-16(14)21/h2-9,17-18H,10-11H2,1H3,(H2,23,27)(H,24,26)(H,25,28)/t17-,18+/m1/s1. The van der Waals surface area contributed by atoms with Gasteiger partial charge in [0.05, 0.1) is 0 Å². The molecule has 0 fully saturated rings. The lowest BCUT2D eigenvalue weighted by atomic mass is 10.0. The monoisotopic (exact) mass is 449 g/mol. The molecule has 2 rings (SSSR count). The minimum atomic E-state index is -0.948. The summed E-state index contributed by atoms with van der Waals surface area (Å²) in [5.41, 5.74) is 6.93. The maximum absolute atomic E-state index is 13.1. The number of amides is 3. The Morgan fingerprint density at radius 1 is 1.00 bits per heavy atom. The van der Waals surface area contributed by atoms with Crippen LogP contribution in [0.15, 0.2) is 53.0 Å². The van der Waals surface area contributed by atoms with E-state index in [-0.39, 0.29) is 12.8 Å². The van der Waals surface area contributed by atoms with Crippen molar-refractivity contribution in [3.8, 4) is 0 Å². The molecule has 0 aliphatic rings. The van der Waals surface area contributed by atoms with Gasteiger partial charge in [-0.3, -0.25) is 14.4 Å². The van der Waals surface area contributed by atoms with Crippen LogP contribution in [0.25, 0.3) is 0 Å². The maximum atomic E-state index is 13.1. The summed E-state index contributed by atoms with van der Waals surface area (Å²) in [4.78, 5) is 36.1. The Balaban J connectivity index is 2.14. The minimum absolute atomic E-state index is 0.145. The maximum Gasteiger partial charge on any atom is 0.243 e. The Kier molecular flexibility index (Phi) is 7.69. The molecule has 0 aromatic heterocycles. The number of nitrogens with one attached hydrogen (secondary N) is 2. The third-order valence-electron chi connectivity index (χ3n) is 4.09. The molecule has 0 aliphatic carbocycles. The first-order valence-electron chi connectivity index (χ1n) is 8.61. The van der Waals surface area contributed by atoms with E-state index in [1.54, 1.807) is 0 Å². The van der Waals surface area contributed by atoms with E-state index in [2.05, 4.69) is 26.6 Å². The van der Waals surface area contributed by atoms with E-state index >= 15 is 0 Å². The number of halogens is 2. The van der Waals surface area contributed by atoms with Gasteiger partial charge in [0, 0.05) is 24.2 Å². The SMILES string of the molecule is CC(=O)N[C@@H](Cc1ccc(F)cc1)C(=O)N[C@H](Cc1ccccc1Br)C(N)=O. The van der Waals surface area contributed by atoms with Crippen LogP contribution in [-0.2, 0) is 27.2 Å². The number of primary amides is 1. The van der Waals surface area contributed by atoms with E-state index in [9.17, 15) is 18.8 Å². The first-order valence-corrected chi connectivity index (χ1v) is 9.40. The number of hydrogen-bond acceptors (Lipinski definition) is 3. The summed E-state index contributed by atoms with van der Waals surface area (Å²) < 4.78 is 13.9. The van der Waals surface area contributed by atoms with Crippen molar-refractivity contribution in [1.82, 2.24) is 10.6 Å². The zero-order valence-corrected chi connectivity index (χ0v) is 16.8. The number of carbonyl (C=O) groups excluding carboxylic acids is 3. The van der Waals surface area contributed by atoms with Crippen molar-refractivity contribution in [1.29, 1.82) is 0 Å². The lowest BCUT2D eigenvalue weighted by Crippen LogP contribution is -2.54. The predicted molar refractivity (Wildman–Crippen MR) is 107 cm³/mol. The highest BCUT2D eigenvalue weighted by atomic mass is 79.9. The highest BCUT2D eigenvalue weighted by Gasteiger charge is 2.26. The lowest BCUT2D eigenvalue weighted by molar-refractivity contribution is -0.130. The number of rotatable bonds is 8. The Bertz CT molecular complexity index is 858. The molecule has 6 nitrogen and oxygen atoms in total. The average Bonchev–Trinajstić information content (AvgIpc) is 2.63. The van der Waals surface area contributed by atoms with Gasteiger partial charge in [-0.2, -0.15) is 0 Å². The van der Waals surface area contributed by atoms with Crippen LogP contribution in [0.4, 0.5) is 4.39 Å². The molecule has 0 spiro atoms. The molecule has 148 valence electrons. The van der Waals surface area contributed by atoms with Crippen LogP contribution in [-0.4, -0.2) is 29.8 Å². The molecule has 0 saturated carbocycles. The van der Waals surface area contributed by atoms with E-state index in [0.29, 0.717) is 5.56 Å².